The number of carbonyl (C=O) groups is 4. The van der Waals surface area contributed by atoms with Crippen LogP contribution < -0.4 is 0 Å². The van der Waals surface area contributed by atoms with Gasteiger partial charge in [-0.05, 0) is 109 Å². The van der Waals surface area contributed by atoms with Crippen LogP contribution in [0.2, 0.25) is 0 Å². The van der Waals surface area contributed by atoms with Gasteiger partial charge < -0.3 is 77.6 Å². The van der Waals surface area contributed by atoms with Crippen molar-refractivity contribution in [1.82, 2.24) is 0 Å². The molecule has 402 valence electrons. The number of allylic oxidation sites excluding steroid dienone is 2. The number of esters is 4. The van der Waals surface area contributed by atoms with E-state index < -0.39 is 128 Å². The molecule has 20 heteroatoms. The number of aliphatic hydroxyl groups is 5. The summed E-state index contributed by atoms with van der Waals surface area (Å²) in [4.78, 5) is 53.6. The van der Waals surface area contributed by atoms with Gasteiger partial charge in [-0.15, -0.1) is 0 Å². The summed E-state index contributed by atoms with van der Waals surface area (Å²) in [6.07, 6.45) is -7.70. The van der Waals surface area contributed by atoms with Gasteiger partial charge in [0, 0.05) is 7.11 Å². The fourth-order valence-electron chi connectivity index (χ4n) is 15.3. The van der Waals surface area contributed by atoms with Crippen LogP contribution in [-0.4, -0.2) is 171 Å². The van der Waals surface area contributed by atoms with Crippen LogP contribution in [0.5, 0.6) is 0 Å². The van der Waals surface area contributed by atoms with Gasteiger partial charge in [0.25, 0.3) is 0 Å². The molecule has 8 rings (SSSR count). The maximum Gasteiger partial charge on any atom is 0.372 e. The van der Waals surface area contributed by atoms with Gasteiger partial charge in [-0.3, -0.25) is 4.79 Å². The van der Waals surface area contributed by atoms with Crippen molar-refractivity contribution in [1.29, 1.82) is 0 Å². The van der Waals surface area contributed by atoms with Gasteiger partial charge >= 0.3 is 29.7 Å². The average Bonchev–Trinajstić information content (AvgIpc) is 3.34. The summed E-state index contributed by atoms with van der Waals surface area (Å²) in [5.41, 5.74) is -0.795. The number of fused-ring (bicyclic) bond motifs is 8. The first-order valence-corrected chi connectivity index (χ1v) is 25.2. The zero-order valence-electron chi connectivity index (χ0n) is 43.1. The lowest BCUT2D eigenvalue weighted by Gasteiger charge is -2.71. The lowest BCUT2D eigenvalue weighted by Crippen LogP contribution is -2.73. The minimum absolute atomic E-state index is 0.0679. The summed E-state index contributed by atoms with van der Waals surface area (Å²) in [5.74, 6) is -5.51. The molecule has 0 amide bonds. The second-order valence-corrected chi connectivity index (χ2v) is 23.7. The zero-order valence-corrected chi connectivity index (χ0v) is 43.1. The molecule has 0 spiro atoms. The molecule has 0 aromatic rings. The Hall–Kier alpha value is -2.86. The van der Waals surface area contributed by atoms with Crippen molar-refractivity contribution in [3.63, 3.8) is 0 Å². The van der Waals surface area contributed by atoms with E-state index in [1.165, 1.54) is 5.57 Å². The number of hydrogen-bond acceptors (Lipinski definition) is 20. The Balaban J connectivity index is 1.04. The molecule has 3 heterocycles. The normalized spacial score (nSPS) is 47.6. The first-order chi connectivity index (χ1) is 33.3. The fourth-order valence-corrected chi connectivity index (χ4v) is 15.3. The topological polar surface area (TPSA) is 271 Å². The van der Waals surface area contributed by atoms with Crippen molar-refractivity contribution in [3.05, 3.63) is 11.6 Å². The largest absolute Gasteiger partial charge is 0.467 e. The minimum Gasteiger partial charge on any atom is -0.467 e. The predicted octanol–water partition coefficient (Wildman–Crippen LogP) is 2.59. The van der Waals surface area contributed by atoms with E-state index in [4.69, 9.17) is 52.1 Å². The van der Waals surface area contributed by atoms with Gasteiger partial charge in [-0.25, -0.2) is 14.4 Å². The highest BCUT2D eigenvalue weighted by Gasteiger charge is 2.71. The molecule has 20 atom stereocenters. The van der Waals surface area contributed by atoms with Crippen molar-refractivity contribution >= 4 is 23.9 Å². The average molecular weight is 1010 g/mol. The van der Waals surface area contributed by atoms with E-state index >= 15 is 0 Å². The quantitative estimate of drug-likeness (QED) is 0.0861. The maximum absolute atomic E-state index is 14.7. The van der Waals surface area contributed by atoms with Crippen LogP contribution in [-0.2, 0) is 71.3 Å². The molecule has 7 fully saturated rings. The highest BCUT2D eigenvalue weighted by atomic mass is 16.8. The molecule has 20 unspecified atom stereocenters. The third kappa shape index (κ3) is 8.49. The van der Waals surface area contributed by atoms with Gasteiger partial charge in [-0.1, -0.05) is 60.1 Å². The van der Waals surface area contributed by atoms with Crippen LogP contribution in [0.4, 0.5) is 0 Å². The Morgan fingerprint density at radius 2 is 1.42 bits per heavy atom. The molecule has 0 radical (unpaired) electrons. The van der Waals surface area contributed by atoms with E-state index in [0.717, 1.165) is 73.4 Å². The number of aliphatic hydroxyl groups excluding tert-OH is 5. The summed E-state index contributed by atoms with van der Waals surface area (Å²) >= 11 is 0. The smallest absolute Gasteiger partial charge is 0.372 e. The van der Waals surface area contributed by atoms with E-state index in [9.17, 15) is 44.7 Å². The van der Waals surface area contributed by atoms with E-state index in [1.807, 2.05) is 0 Å². The Bertz CT molecular complexity index is 2060. The highest BCUT2D eigenvalue weighted by Crippen LogP contribution is 2.76. The molecule has 8 aliphatic rings. The molecule has 3 saturated heterocycles. The molecule has 0 aromatic heterocycles. The number of carbonyl (C=O) groups excluding carboxylic acids is 4. The second kappa shape index (κ2) is 19.4. The van der Waals surface area contributed by atoms with Crippen molar-refractivity contribution in [3.8, 4) is 0 Å². The number of rotatable bonds is 11. The molecular formula is C51H78O20. The molecule has 0 aromatic carbocycles. The minimum atomic E-state index is -2.46. The third-order valence-corrected chi connectivity index (χ3v) is 19.6. The van der Waals surface area contributed by atoms with Crippen LogP contribution >= 0.6 is 0 Å². The van der Waals surface area contributed by atoms with Gasteiger partial charge in [0.05, 0.1) is 39.5 Å². The molecule has 3 aliphatic heterocycles. The van der Waals surface area contributed by atoms with E-state index in [0.29, 0.717) is 19.3 Å². The Morgan fingerprint density at radius 3 is 2.07 bits per heavy atom. The van der Waals surface area contributed by atoms with Crippen LogP contribution in [0.15, 0.2) is 11.6 Å². The summed E-state index contributed by atoms with van der Waals surface area (Å²) < 4.78 is 63.0. The zero-order chi connectivity index (χ0) is 52.0. The predicted molar refractivity (Wildman–Crippen MR) is 244 cm³/mol. The van der Waals surface area contributed by atoms with Crippen LogP contribution in [0.25, 0.3) is 0 Å². The van der Waals surface area contributed by atoms with Crippen LogP contribution in [0.1, 0.15) is 113 Å². The molecule has 4 saturated carbocycles. The fraction of sp³-hybridized carbons (Fsp3) is 0.882. The molecule has 71 heavy (non-hydrogen) atoms. The van der Waals surface area contributed by atoms with E-state index in [2.05, 4.69) is 54.5 Å². The summed E-state index contributed by atoms with van der Waals surface area (Å²) in [5, 5.41) is 53.7. The van der Waals surface area contributed by atoms with Crippen molar-refractivity contribution in [2.75, 3.05) is 41.7 Å². The van der Waals surface area contributed by atoms with Gasteiger partial charge in [0.15, 0.2) is 12.4 Å². The molecular weight excluding hydrogens is 933 g/mol. The summed E-state index contributed by atoms with van der Waals surface area (Å²) in [6.45, 7) is 14.8. The van der Waals surface area contributed by atoms with Gasteiger partial charge in [0.1, 0.15) is 49.3 Å². The number of hydrogen-bond donors (Lipinski definition) is 5. The summed E-state index contributed by atoms with van der Waals surface area (Å²) in [7, 11) is 4.51. The Labute approximate surface area is 415 Å². The molecule has 5 aliphatic carbocycles. The molecule has 0 bridgehead atoms. The van der Waals surface area contributed by atoms with E-state index in [1.54, 1.807) is 0 Å². The molecule has 5 N–H and O–H groups in total. The number of methoxy groups -OCH3 is 4. The van der Waals surface area contributed by atoms with Crippen LogP contribution in [0, 0.1) is 50.2 Å². The first kappa shape index (κ1) is 54.4. The van der Waals surface area contributed by atoms with Gasteiger partial charge in [-0.2, -0.15) is 0 Å². The molecule has 20 nitrogen and oxygen atoms in total. The highest BCUT2D eigenvalue weighted by molar-refractivity contribution is 5.80. The van der Waals surface area contributed by atoms with E-state index in [-0.39, 0.29) is 39.4 Å². The monoisotopic (exact) mass is 1010 g/mol. The standard InChI is InChI=1S/C51H78O20/c1-45(2)18-20-50(42(59)70-40-34(56)33(55)32(54)27(23-52)66-40)21-19-48(6)25(26(50)22-45)12-13-29-47(5)16-15-30(46(3,4)28(47)14-17-49(29,48)7)67-41-35(57)36-37(38(68-41)39(58)62-9)71-51(64-11,43(60)63-10)44(69-36)65-24-31(53)61-8/h12,26-30,32-38,40-41,44,52,54-57H,13-24H2,1-11H3. The van der Waals surface area contributed by atoms with Gasteiger partial charge in [0.2, 0.25) is 12.6 Å². The van der Waals surface area contributed by atoms with Crippen LogP contribution in [0.3, 0.4) is 0 Å². The van der Waals surface area contributed by atoms with Crippen molar-refractivity contribution < 1.29 is 96.8 Å². The lowest BCUT2D eigenvalue weighted by molar-refractivity contribution is -0.439. The first-order valence-electron chi connectivity index (χ1n) is 25.2. The Kier molecular flexibility index (Phi) is 14.8. The lowest BCUT2D eigenvalue weighted by atomic mass is 9.33. The maximum atomic E-state index is 14.7. The number of ether oxygens (including phenoxy) is 11. The SMILES string of the molecule is COC(=O)COC1OC2C(O)C(OC3CCC4(C)C(CCC5(C)C4CC=C4C6CC(C)(C)CCC6(C(=O)OC6OC(CO)C(O)C(O)C6O)CCC45C)C3(C)C)OC(C(=O)OC)C2OC1(OC)C(=O)OC. The second-order valence-electron chi connectivity index (χ2n) is 23.7. The Morgan fingerprint density at radius 1 is 0.718 bits per heavy atom. The van der Waals surface area contributed by atoms with Crippen molar-refractivity contribution in [2.45, 2.75) is 192 Å². The summed E-state index contributed by atoms with van der Waals surface area (Å²) in [6, 6.07) is 0. The van der Waals surface area contributed by atoms with Crippen molar-refractivity contribution in [2.24, 2.45) is 50.2 Å². The third-order valence-electron chi connectivity index (χ3n) is 19.6.